The highest BCUT2D eigenvalue weighted by Gasteiger charge is 2.38. The Hall–Kier alpha value is -5.43. The maximum absolute atomic E-state index is 13.7. The third-order valence-corrected chi connectivity index (χ3v) is 7.39. The quantitative estimate of drug-likeness (QED) is 0.169. The Balaban J connectivity index is 1.56. The molecule has 1 unspecified atom stereocenters. The predicted molar refractivity (Wildman–Crippen MR) is 156 cm³/mol. The number of rotatable bonds is 6. The molecule has 6 rings (SSSR count). The van der Waals surface area contributed by atoms with Gasteiger partial charge in [0.2, 0.25) is 5.76 Å². The van der Waals surface area contributed by atoms with E-state index in [1.54, 1.807) is 18.2 Å². The molecule has 0 radical (unpaired) electrons. The summed E-state index contributed by atoms with van der Waals surface area (Å²) in [6.07, 6.45) is 0.0259. The molecule has 1 N–H and O–H groups in total. The van der Waals surface area contributed by atoms with Gasteiger partial charge in [-0.15, -0.1) is 0 Å². The van der Waals surface area contributed by atoms with Crippen LogP contribution in [0.2, 0.25) is 0 Å². The van der Waals surface area contributed by atoms with E-state index >= 15 is 0 Å². The number of halogens is 1. The molecule has 2 aromatic heterocycles. The lowest BCUT2D eigenvalue weighted by Gasteiger charge is -2.20. The first-order valence-electron chi connectivity index (χ1n) is 12.5. The molecule has 1 atom stereocenters. The van der Waals surface area contributed by atoms with Crippen molar-refractivity contribution in [3.8, 4) is 11.1 Å². The van der Waals surface area contributed by atoms with Gasteiger partial charge in [-0.1, -0.05) is 58.4 Å². The molecule has 1 aliphatic heterocycles. The first-order valence-corrected chi connectivity index (χ1v) is 13.3. The van der Waals surface area contributed by atoms with Crippen LogP contribution in [0.25, 0.3) is 22.0 Å². The zero-order chi connectivity index (χ0) is 29.5. The standard InChI is InChI=1S/C29H18BrN5O7/c30-18-9-10-21-20(14-18)26(16-5-2-1-3-6-16)27(28(36)31-21)22-15-23(17-7-4-8-19(13-17)34(38)39)33(32-22)29(37)24-11-12-25(42-24)35(40)41/h1-14,23H,15H2,(H,31,36). The minimum absolute atomic E-state index is 0.0259. The molecule has 3 aromatic carbocycles. The van der Waals surface area contributed by atoms with Gasteiger partial charge >= 0.3 is 11.8 Å². The van der Waals surface area contributed by atoms with Gasteiger partial charge in [0.05, 0.1) is 28.3 Å². The van der Waals surface area contributed by atoms with E-state index in [4.69, 9.17) is 4.42 Å². The van der Waals surface area contributed by atoms with Gasteiger partial charge in [0.25, 0.3) is 11.2 Å². The molecule has 0 fully saturated rings. The van der Waals surface area contributed by atoms with Gasteiger partial charge < -0.3 is 9.40 Å². The smallest absolute Gasteiger partial charge is 0.395 e. The van der Waals surface area contributed by atoms with Crippen LogP contribution in [0.5, 0.6) is 0 Å². The second kappa shape index (κ2) is 10.5. The molecule has 208 valence electrons. The molecule has 13 heteroatoms. The lowest BCUT2D eigenvalue weighted by Crippen LogP contribution is -2.26. The van der Waals surface area contributed by atoms with Gasteiger partial charge in [-0.25, -0.2) is 5.01 Å². The Labute approximate surface area is 244 Å². The van der Waals surface area contributed by atoms with Crippen LogP contribution >= 0.6 is 15.9 Å². The molecule has 42 heavy (non-hydrogen) atoms. The third kappa shape index (κ3) is 4.75. The number of nitro benzene ring substituents is 1. The summed E-state index contributed by atoms with van der Waals surface area (Å²) >= 11 is 3.50. The SMILES string of the molecule is O=C(c1ccc([N+](=O)[O-])o1)N1N=C(c2c(-c3ccccc3)c3cc(Br)ccc3[nH]c2=O)CC1c1cccc([N+](=O)[O-])c1. The molecular weight excluding hydrogens is 610 g/mol. The fraction of sp³-hybridized carbons (Fsp3) is 0.0690. The number of carbonyl (C=O) groups is 1. The van der Waals surface area contributed by atoms with Gasteiger partial charge in [0.15, 0.2) is 0 Å². The summed E-state index contributed by atoms with van der Waals surface area (Å²) in [7, 11) is 0. The molecule has 0 bridgehead atoms. The van der Waals surface area contributed by atoms with Crippen molar-refractivity contribution in [1.29, 1.82) is 0 Å². The monoisotopic (exact) mass is 627 g/mol. The minimum Gasteiger partial charge on any atom is -0.395 e. The summed E-state index contributed by atoms with van der Waals surface area (Å²) in [5.41, 5.74) is 2.15. The normalized spacial score (nSPS) is 14.6. The second-order valence-corrected chi connectivity index (χ2v) is 10.3. The number of nitrogens with zero attached hydrogens (tertiary/aromatic N) is 4. The Kier molecular flexibility index (Phi) is 6.71. The number of non-ortho nitro benzene ring substituents is 1. The number of hydrogen-bond donors (Lipinski definition) is 1. The van der Waals surface area contributed by atoms with E-state index in [2.05, 4.69) is 26.0 Å². The molecule has 5 aromatic rings. The van der Waals surface area contributed by atoms with Crippen molar-refractivity contribution in [2.45, 2.75) is 12.5 Å². The van der Waals surface area contributed by atoms with Crippen molar-refractivity contribution in [1.82, 2.24) is 9.99 Å². The van der Waals surface area contributed by atoms with Crippen LogP contribution in [0.4, 0.5) is 11.6 Å². The first kappa shape index (κ1) is 26.8. The molecule has 0 saturated carbocycles. The van der Waals surface area contributed by atoms with E-state index < -0.39 is 33.2 Å². The number of H-pyrrole nitrogens is 1. The molecular formula is C29H18BrN5O7. The number of fused-ring (bicyclic) bond motifs is 1. The van der Waals surface area contributed by atoms with E-state index in [-0.39, 0.29) is 29.1 Å². The lowest BCUT2D eigenvalue weighted by atomic mass is 9.91. The molecule has 12 nitrogen and oxygen atoms in total. The third-order valence-electron chi connectivity index (χ3n) is 6.89. The van der Waals surface area contributed by atoms with Gasteiger partial charge in [-0.3, -0.25) is 29.8 Å². The van der Waals surface area contributed by atoms with E-state index in [1.807, 2.05) is 36.4 Å². The number of hydrazone groups is 1. The minimum atomic E-state index is -0.877. The first-order chi connectivity index (χ1) is 20.2. The fourth-order valence-corrected chi connectivity index (χ4v) is 5.41. The Morgan fingerprint density at radius 2 is 1.74 bits per heavy atom. The number of aromatic amines is 1. The highest BCUT2D eigenvalue weighted by Crippen LogP contribution is 2.39. The summed E-state index contributed by atoms with van der Waals surface area (Å²) in [5.74, 6) is -1.78. The van der Waals surface area contributed by atoms with Crippen LogP contribution in [0, 0.1) is 20.2 Å². The number of pyridine rings is 1. The Bertz CT molecular complexity index is 2000. The largest absolute Gasteiger partial charge is 0.433 e. The van der Waals surface area contributed by atoms with Crippen molar-refractivity contribution in [2.24, 2.45) is 5.10 Å². The van der Waals surface area contributed by atoms with E-state index in [9.17, 15) is 29.8 Å². The molecule has 1 aliphatic rings. The number of benzene rings is 3. The molecule has 0 aliphatic carbocycles. The van der Waals surface area contributed by atoms with Crippen LogP contribution in [0.3, 0.4) is 0 Å². The van der Waals surface area contributed by atoms with Gasteiger partial charge in [-0.05, 0) is 35.4 Å². The van der Waals surface area contributed by atoms with Crippen LogP contribution in [-0.4, -0.2) is 31.5 Å². The molecule has 0 saturated heterocycles. The highest BCUT2D eigenvalue weighted by atomic mass is 79.9. The topological polar surface area (TPSA) is 165 Å². The molecule has 0 spiro atoms. The Morgan fingerprint density at radius 1 is 0.952 bits per heavy atom. The maximum Gasteiger partial charge on any atom is 0.433 e. The number of amides is 1. The molecule has 1 amide bonds. The van der Waals surface area contributed by atoms with Crippen molar-refractivity contribution in [2.75, 3.05) is 0 Å². The van der Waals surface area contributed by atoms with E-state index in [0.29, 0.717) is 16.6 Å². The van der Waals surface area contributed by atoms with Gasteiger partial charge in [-0.2, -0.15) is 5.10 Å². The van der Waals surface area contributed by atoms with Crippen LogP contribution in [0.15, 0.2) is 104 Å². The average Bonchev–Trinajstić information content (AvgIpc) is 3.66. The van der Waals surface area contributed by atoms with Crippen molar-refractivity contribution < 1.29 is 19.1 Å². The van der Waals surface area contributed by atoms with Crippen LogP contribution in [0.1, 0.15) is 34.1 Å². The predicted octanol–water partition coefficient (Wildman–Crippen LogP) is 6.36. The summed E-state index contributed by atoms with van der Waals surface area (Å²) in [4.78, 5) is 51.6. The maximum atomic E-state index is 13.7. The van der Waals surface area contributed by atoms with E-state index in [0.717, 1.165) is 32.6 Å². The number of furan rings is 1. The average molecular weight is 628 g/mol. The summed E-state index contributed by atoms with van der Waals surface area (Å²) < 4.78 is 5.93. The number of nitro groups is 2. The number of nitrogens with one attached hydrogen (secondary N) is 1. The molecule has 3 heterocycles. The second-order valence-electron chi connectivity index (χ2n) is 9.42. The van der Waals surface area contributed by atoms with Crippen LogP contribution < -0.4 is 5.56 Å². The van der Waals surface area contributed by atoms with Crippen molar-refractivity contribution >= 4 is 50.0 Å². The Morgan fingerprint density at radius 3 is 2.45 bits per heavy atom. The fourth-order valence-electron chi connectivity index (χ4n) is 5.05. The summed E-state index contributed by atoms with van der Waals surface area (Å²) in [6.45, 7) is 0. The van der Waals surface area contributed by atoms with E-state index in [1.165, 1.54) is 18.2 Å². The number of aromatic nitrogens is 1. The van der Waals surface area contributed by atoms with Gasteiger partial charge in [0, 0.05) is 39.5 Å². The van der Waals surface area contributed by atoms with Crippen molar-refractivity contribution in [3.63, 3.8) is 0 Å². The lowest BCUT2D eigenvalue weighted by molar-refractivity contribution is -0.402. The summed E-state index contributed by atoms with van der Waals surface area (Å²) in [6, 6.07) is 21.8. The van der Waals surface area contributed by atoms with Gasteiger partial charge in [0.1, 0.15) is 4.92 Å². The zero-order valence-electron chi connectivity index (χ0n) is 21.4. The van der Waals surface area contributed by atoms with Crippen LogP contribution in [-0.2, 0) is 0 Å². The summed E-state index contributed by atoms with van der Waals surface area (Å²) in [5, 5.41) is 29.0. The zero-order valence-corrected chi connectivity index (χ0v) is 23.0. The highest BCUT2D eigenvalue weighted by molar-refractivity contribution is 9.10. The van der Waals surface area contributed by atoms with Crippen molar-refractivity contribution in [3.05, 3.63) is 137 Å². The number of carbonyl (C=O) groups excluding carboxylic acids is 1. The number of hydrogen-bond acceptors (Lipinski definition) is 8.